The molecule has 0 saturated carbocycles. The molecule has 2 spiro atoms. The van der Waals surface area contributed by atoms with Crippen molar-refractivity contribution in [1.29, 1.82) is 0 Å². The Bertz CT molecular complexity index is 1570. The van der Waals surface area contributed by atoms with Crippen LogP contribution in [0.15, 0.2) is 78.4 Å². The topological polar surface area (TPSA) is 79.0 Å². The number of fused-ring (bicyclic) bond motifs is 3. The van der Waals surface area contributed by atoms with E-state index in [1.165, 1.54) is 29.2 Å². The van der Waals surface area contributed by atoms with Gasteiger partial charge in [0.15, 0.2) is 5.78 Å². The zero-order valence-electron chi connectivity index (χ0n) is 22.7. The molecule has 9 heteroatoms. The Morgan fingerprint density at radius 3 is 2.37 bits per heavy atom. The number of rotatable bonds is 3. The van der Waals surface area contributed by atoms with Gasteiger partial charge < -0.3 is 15.0 Å². The number of halogens is 2. The third-order valence-electron chi connectivity index (χ3n) is 8.67. The number of likely N-dealkylation sites (N-methyl/N-ethyl adjacent to an activating group) is 1. The lowest BCUT2D eigenvalue weighted by Gasteiger charge is -2.50. The Labute approximate surface area is 236 Å². The molecule has 0 aliphatic carbocycles. The van der Waals surface area contributed by atoms with Crippen LogP contribution < -0.4 is 5.32 Å². The van der Waals surface area contributed by atoms with E-state index in [0.29, 0.717) is 28.9 Å². The lowest BCUT2D eigenvalue weighted by Crippen LogP contribution is -2.66. The minimum absolute atomic E-state index is 0.0456. The van der Waals surface area contributed by atoms with Crippen LogP contribution in [0.25, 0.3) is 6.08 Å². The molecule has 3 aliphatic heterocycles. The Hall–Kier alpha value is -4.37. The third-order valence-corrected chi connectivity index (χ3v) is 8.67. The van der Waals surface area contributed by atoms with Gasteiger partial charge in [-0.05, 0) is 61.5 Å². The van der Waals surface area contributed by atoms with Gasteiger partial charge in [-0.25, -0.2) is 13.6 Å². The molecule has 0 bridgehead atoms. The van der Waals surface area contributed by atoms with Gasteiger partial charge in [-0.2, -0.15) is 0 Å². The number of nitrogens with zero attached hydrogens (tertiary/aromatic N) is 2. The fourth-order valence-corrected chi connectivity index (χ4v) is 7.06. The lowest BCUT2D eigenvalue weighted by molar-refractivity contribution is -0.146. The van der Waals surface area contributed by atoms with E-state index >= 15 is 4.79 Å². The molecule has 1 N–H and O–H groups in total. The van der Waals surface area contributed by atoms with Crippen LogP contribution in [0.2, 0.25) is 0 Å². The van der Waals surface area contributed by atoms with Gasteiger partial charge in [0.1, 0.15) is 17.2 Å². The van der Waals surface area contributed by atoms with Gasteiger partial charge in [-0.1, -0.05) is 42.5 Å². The number of hydrogen-bond acceptors (Lipinski definition) is 5. The van der Waals surface area contributed by atoms with Gasteiger partial charge in [0.25, 0.3) is 5.91 Å². The summed E-state index contributed by atoms with van der Waals surface area (Å²) in [6.45, 7) is 1.98. The summed E-state index contributed by atoms with van der Waals surface area (Å²) in [6.07, 6.45) is 1.03. The number of hydrogen-bond donors (Lipinski definition) is 1. The normalized spacial score (nSPS) is 26.6. The number of nitrogens with one attached hydrogen (secondary N) is 1. The van der Waals surface area contributed by atoms with Crippen LogP contribution in [0.4, 0.5) is 19.3 Å². The van der Waals surface area contributed by atoms with Crippen LogP contribution >= 0.6 is 0 Å². The molecule has 0 aromatic heterocycles. The summed E-state index contributed by atoms with van der Waals surface area (Å²) in [4.78, 5) is 46.0. The summed E-state index contributed by atoms with van der Waals surface area (Å²) < 4.78 is 33.1. The molecular weight excluding hydrogens is 528 g/mol. The number of carbonyl (C=O) groups is 3. The Morgan fingerprint density at radius 2 is 1.68 bits per heavy atom. The molecule has 0 radical (unpaired) electrons. The Balaban J connectivity index is 1.64. The zero-order valence-corrected chi connectivity index (χ0v) is 22.7. The van der Waals surface area contributed by atoms with E-state index in [2.05, 4.69) is 5.32 Å². The zero-order chi connectivity index (χ0) is 28.9. The number of Topliss-reactive ketones (excluding diaryl/α,β-unsaturated/α-hetero) is 1. The quantitative estimate of drug-likeness (QED) is 0.461. The van der Waals surface area contributed by atoms with Crippen molar-refractivity contribution >= 4 is 29.5 Å². The number of likely N-dealkylation sites (tertiary alicyclic amines) is 2. The first-order valence-electron chi connectivity index (χ1n) is 13.5. The van der Waals surface area contributed by atoms with Gasteiger partial charge in [0.2, 0.25) is 0 Å². The number of para-hydroxylation sites is 1. The molecule has 3 aromatic rings. The molecule has 2 amide bonds. The predicted octanol–water partition coefficient (Wildman–Crippen LogP) is 4.95. The monoisotopic (exact) mass is 557 g/mol. The number of piperidine rings is 1. The summed E-state index contributed by atoms with van der Waals surface area (Å²) in [7, 11) is 1.80. The second-order valence-electron chi connectivity index (χ2n) is 10.8. The van der Waals surface area contributed by atoms with Crippen LogP contribution in [0.5, 0.6) is 0 Å². The van der Waals surface area contributed by atoms with Gasteiger partial charge >= 0.3 is 6.09 Å². The highest BCUT2D eigenvalue weighted by Crippen LogP contribution is 2.64. The molecule has 7 nitrogen and oxygen atoms in total. The van der Waals surface area contributed by atoms with Crippen LogP contribution in [-0.2, 0) is 19.9 Å². The first-order valence-corrected chi connectivity index (χ1v) is 13.5. The Kier molecular flexibility index (Phi) is 6.49. The molecule has 0 unspecified atom stereocenters. The molecule has 3 atom stereocenters. The van der Waals surface area contributed by atoms with E-state index in [0.717, 1.165) is 0 Å². The van der Waals surface area contributed by atoms with E-state index in [9.17, 15) is 18.4 Å². The number of anilines is 1. The van der Waals surface area contributed by atoms with Gasteiger partial charge in [-0.3, -0.25) is 14.5 Å². The second-order valence-corrected chi connectivity index (χ2v) is 10.8. The van der Waals surface area contributed by atoms with Gasteiger partial charge in [-0.15, -0.1) is 0 Å². The van der Waals surface area contributed by atoms with Crippen LogP contribution in [0, 0.1) is 17.0 Å². The smallest absolute Gasteiger partial charge is 0.410 e. The largest absolute Gasteiger partial charge is 0.450 e. The van der Waals surface area contributed by atoms with E-state index in [-0.39, 0.29) is 37.0 Å². The maximum absolute atomic E-state index is 15.1. The molecule has 6 rings (SSSR count). The molecule has 2 fully saturated rings. The van der Waals surface area contributed by atoms with E-state index < -0.39 is 34.6 Å². The number of ketones is 1. The van der Waals surface area contributed by atoms with Gasteiger partial charge in [0.05, 0.1) is 18.6 Å². The van der Waals surface area contributed by atoms with Crippen molar-refractivity contribution in [3.05, 3.63) is 107 Å². The maximum Gasteiger partial charge on any atom is 0.410 e. The maximum atomic E-state index is 15.1. The molecule has 210 valence electrons. The molecule has 2 saturated heterocycles. The minimum Gasteiger partial charge on any atom is -0.450 e. The van der Waals surface area contributed by atoms with Crippen molar-refractivity contribution in [2.45, 2.75) is 18.4 Å². The first-order chi connectivity index (χ1) is 19.7. The Morgan fingerprint density at radius 1 is 1.02 bits per heavy atom. The summed E-state index contributed by atoms with van der Waals surface area (Å²) in [6, 6.07) is 18.9. The van der Waals surface area contributed by atoms with Crippen molar-refractivity contribution < 1.29 is 27.9 Å². The predicted molar refractivity (Wildman–Crippen MR) is 149 cm³/mol. The second kappa shape index (κ2) is 9.92. The number of benzene rings is 3. The molecule has 41 heavy (non-hydrogen) atoms. The van der Waals surface area contributed by atoms with Crippen molar-refractivity contribution in [2.24, 2.45) is 5.41 Å². The van der Waals surface area contributed by atoms with Crippen LogP contribution in [0.1, 0.15) is 29.5 Å². The van der Waals surface area contributed by atoms with Crippen molar-refractivity contribution in [1.82, 2.24) is 9.80 Å². The van der Waals surface area contributed by atoms with Crippen LogP contribution in [-0.4, -0.2) is 60.9 Å². The number of carbonyl (C=O) groups excluding carboxylic acids is 3. The summed E-state index contributed by atoms with van der Waals surface area (Å²) in [5, 5.41) is 2.99. The van der Waals surface area contributed by atoms with Crippen molar-refractivity contribution in [2.75, 3.05) is 38.6 Å². The average Bonchev–Trinajstić information content (AvgIpc) is 3.41. The summed E-state index contributed by atoms with van der Waals surface area (Å²) in [5.74, 6) is -2.10. The fourth-order valence-electron chi connectivity index (χ4n) is 7.06. The summed E-state index contributed by atoms with van der Waals surface area (Å²) >= 11 is 0. The molecule has 3 aromatic carbocycles. The van der Waals surface area contributed by atoms with E-state index in [1.807, 2.05) is 23.1 Å². The third kappa shape index (κ3) is 3.90. The molecule has 3 aliphatic rings. The minimum atomic E-state index is -1.51. The van der Waals surface area contributed by atoms with E-state index in [4.69, 9.17) is 4.74 Å². The molecule has 3 heterocycles. The number of amides is 2. The lowest BCUT2D eigenvalue weighted by atomic mass is 9.56. The highest BCUT2D eigenvalue weighted by Gasteiger charge is 2.75. The number of ether oxygens (including phenoxy) is 1. The molecular formula is C32H29F2N3O4. The van der Waals surface area contributed by atoms with Crippen molar-refractivity contribution in [3.8, 4) is 0 Å². The highest BCUT2D eigenvalue weighted by molar-refractivity contribution is 6.16. The highest BCUT2D eigenvalue weighted by atomic mass is 19.1. The standard InChI is InChI=1S/C32H29F2N3O4/c1-3-41-30(40)37-17-22(16-20-8-12-23(33)13-9-20)28(38)31(19-37)26(21-10-14-24(34)15-11-21)18-36(2)32(31)25-6-4-5-7-27(25)35-29(32)39/h4-16,26H,3,17-19H2,1-2H3,(H,35,39)/b22-16+/t26-,31+,32+/m0/s1. The SMILES string of the molecule is CCOC(=O)N1C/C(=C\c2ccc(F)cc2)C(=O)[C@@]2(C1)[C@H](c1ccc(F)cc1)CN(C)[C@]21C(=O)Nc2ccccc21. The average molecular weight is 558 g/mol. The first kappa shape index (κ1) is 26.8. The fraction of sp³-hybridized carbons (Fsp3) is 0.281. The van der Waals surface area contributed by atoms with Crippen molar-refractivity contribution in [3.63, 3.8) is 0 Å². The van der Waals surface area contributed by atoms with E-state index in [1.54, 1.807) is 50.4 Å². The summed E-state index contributed by atoms with van der Waals surface area (Å²) in [5.41, 5.74) is -0.223. The van der Waals surface area contributed by atoms with Crippen LogP contribution in [0.3, 0.4) is 0 Å². The van der Waals surface area contributed by atoms with Gasteiger partial charge in [0, 0.05) is 35.8 Å².